The van der Waals surface area contributed by atoms with Crippen LogP contribution in [0.2, 0.25) is 0 Å². The first-order chi connectivity index (χ1) is 14.6. The highest BCUT2D eigenvalue weighted by molar-refractivity contribution is 7.80. The number of furan rings is 1. The predicted molar refractivity (Wildman–Crippen MR) is 126 cm³/mol. The molecule has 2 aromatic carbocycles. The maximum atomic E-state index is 5.76. The van der Waals surface area contributed by atoms with Gasteiger partial charge in [-0.05, 0) is 67.9 Å². The van der Waals surface area contributed by atoms with Crippen LogP contribution in [0.15, 0.2) is 71.3 Å². The van der Waals surface area contributed by atoms with Crippen molar-refractivity contribution in [3.8, 4) is 0 Å². The van der Waals surface area contributed by atoms with Crippen LogP contribution in [0.1, 0.15) is 28.1 Å². The lowest BCUT2D eigenvalue weighted by atomic mass is 10.1. The molecule has 0 bridgehead atoms. The van der Waals surface area contributed by atoms with Crippen molar-refractivity contribution in [1.29, 1.82) is 0 Å². The van der Waals surface area contributed by atoms with Gasteiger partial charge in [-0.3, -0.25) is 0 Å². The Morgan fingerprint density at radius 1 is 1.07 bits per heavy atom. The number of thiocarbonyl (C=S) groups is 1. The number of aryl methyl sites for hydroxylation is 2. The standard InChI is InChI=1S/C25H27N3OS/c1-18-10-11-24-23(15-18)22(19(2)27-24)12-13-28(17-21-9-6-14-29-21)25(30)26-16-20-7-4-3-5-8-20/h3-11,14-15,27H,12-13,16-17H2,1-2H3,(H,26,30). The predicted octanol–water partition coefficient (Wildman–Crippen LogP) is 5.50. The third-order valence-electron chi connectivity index (χ3n) is 5.41. The smallest absolute Gasteiger partial charge is 0.169 e. The van der Waals surface area contributed by atoms with Crippen molar-refractivity contribution in [2.75, 3.05) is 6.54 Å². The molecule has 0 amide bonds. The van der Waals surface area contributed by atoms with Gasteiger partial charge in [-0.25, -0.2) is 0 Å². The lowest BCUT2D eigenvalue weighted by molar-refractivity contribution is 0.359. The van der Waals surface area contributed by atoms with E-state index in [1.54, 1.807) is 6.26 Å². The summed E-state index contributed by atoms with van der Waals surface area (Å²) in [6, 6.07) is 20.8. The van der Waals surface area contributed by atoms with E-state index in [1.807, 2.05) is 30.3 Å². The fourth-order valence-corrected chi connectivity index (χ4v) is 4.02. The monoisotopic (exact) mass is 417 g/mol. The summed E-state index contributed by atoms with van der Waals surface area (Å²) < 4.78 is 5.59. The number of hydrogen-bond acceptors (Lipinski definition) is 2. The zero-order valence-corrected chi connectivity index (χ0v) is 18.3. The molecule has 2 aromatic heterocycles. The van der Waals surface area contributed by atoms with Crippen LogP contribution < -0.4 is 5.32 Å². The fourth-order valence-electron chi connectivity index (χ4n) is 3.79. The number of benzene rings is 2. The van der Waals surface area contributed by atoms with E-state index in [4.69, 9.17) is 16.6 Å². The summed E-state index contributed by atoms with van der Waals surface area (Å²) in [5, 5.41) is 5.45. The summed E-state index contributed by atoms with van der Waals surface area (Å²) in [6.45, 7) is 6.45. The molecule has 0 aliphatic rings. The molecule has 0 unspecified atom stereocenters. The van der Waals surface area contributed by atoms with E-state index in [-0.39, 0.29) is 0 Å². The Kier molecular flexibility index (Phi) is 6.19. The molecule has 0 aliphatic heterocycles. The summed E-state index contributed by atoms with van der Waals surface area (Å²) in [5.74, 6) is 0.908. The summed E-state index contributed by atoms with van der Waals surface area (Å²) in [4.78, 5) is 5.70. The van der Waals surface area contributed by atoms with Crippen LogP contribution in [0.5, 0.6) is 0 Å². The Bertz CT molecular complexity index is 1120. The summed E-state index contributed by atoms with van der Waals surface area (Å²) in [6.07, 6.45) is 2.61. The van der Waals surface area contributed by atoms with Crippen molar-refractivity contribution in [2.45, 2.75) is 33.4 Å². The largest absolute Gasteiger partial charge is 0.467 e. The minimum atomic E-state index is 0.647. The second-order valence-corrected chi connectivity index (χ2v) is 8.06. The van der Waals surface area contributed by atoms with Gasteiger partial charge in [0.25, 0.3) is 0 Å². The highest BCUT2D eigenvalue weighted by Gasteiger charge is 2.15. The highest BCUT2D eigenvalue weighted by Crippen LogP contribution is 2.24. The van der Waals surface area contributed by atoms with Crippen LogP contribution in [0.3, 0.4) is 0 Å². The van der Waals surface area contributed by atoms with E-state index in [1.165, 1.54) is 33.3 Å². The van der Waals surface area contributed by atoms with Crippen LogP contribution in [0.25, 0.3) is 10.9 Å². The molecule has 2 N–H and O–H groups in total. The Balaban J connectivity index is 1.49. The lowest BCUT2D eigenvalue weighted by Crippen LogP contribution is -2.40. The van der Waals surface area contributed by atoms with Crippen molar-refractivity contribution < 1.29 is 4.42 Å². The van der Waals surface area contributed by atoms with Gasteiger partial charge in [0.05, 0.1) is 12.8 Å². The van der Waals surface area contributed by atoms with Gasteiger partial charge in [0, 0.05) is 29.7 Å². The zero-order valence-electron chi connectivity index (χ0n) is 17.4. The van der Waals surface area contributed by atoms with Gasteiger partial charge in [-0.15, -0.1) is 0 Å². The molecule has 0 atom stereocenters. The number of fused-ring (bicyclic) bond motifs is 1. The van der Waals surface area contributed by atoms with Crippen LogP contribution in [0, 0.1) is 13.8 Å². The molecular formula is C25H27N3OS. The number of hydrogen-bond donors (Lipinski definition) is 2. The molecule has 4 rings (SSSR count). The number of aromatic amines is 1. The Hall–Kier alpha value is -3.05. The van der Waals surface area contributed by atoms with E-state index >= 15 is 0 Å². The minimum Gasteiger partial charge on any atom is -0.467 e. The number of H-pyrrole nitrogens is 1. The van der Waals surface area contributed by atoms with Gasteiger partial charge in [-0.2, -0.15) is 0 Å². The molecule has 0 saturated heterocycles. The third-order valence-corrected chi connectivity index (χ3v) is 5.81. The first kappa shape index (κ1) is 20.2. The second kappa shape index (κ2) is 9.18. The molecule has 0 aliphatic carbocycles. The molecule has 0 saturated carbocycles. The van der Waals surface area contributed by atoms with Crippen molar-refractivity contribution in [2.24, 2.45) is 0 Å². The summed E-state index contributed by atoms with van der Waals surface area (Å²) in [5.41, 5.74) is 6.24. The van der Waals surface area contributed by atoms with Gasteiger partial charge < -0.3 is 19.6 Å². The number of rotatable bonds is 7. The molecule has 4 nitrogen and oxygen atoms in total. The van der Waals surface area contributed by atoms with Gasteiger partial charge in [0.1, 0.15) is 5.76 Å². The number of aromatic nitrogens is 1. The molecule has 0 spiro atoms. The number of nitrogens with zero attached hydrogens (tertiary/aromatic N) is 1. The quantitative estimate of drug-likeness (QED) is 0.390. The molecule has 5 heteroatoms. The van der Waals surface area contributed by atoms with Crippen molar-refractivity contribution >= 4 is 28.2 Å². The molecule has 4 aromatic rings. The first-order valence-electron chi connectivity index (χ1n) is 10.3. The fraction of sp³-hybridized carbons (Fsp3) is 0.240. The molecule has 0 radical (unpaired) electrons. The van der Waals surface area contributed by atoms with Crippen LogP contribution in [0.4, 0.5) is 0 Å². The second-order valence-electron chi connectivity index (χ2n) is 7.67. The third kappa shape index (κ3) is 4.74. The van der Waals surface area contributed by atoms with E-state index in [0.29, 0.717) is 13.1 Å². The van der Waals surface area contributed by atoms with Gasteiger partial charge >= 0.3 is 0 Å². The van der Waals surface area contributed by atoms with E-state index in [9.17, 15) is 0 Å². The van der Waals surface area contributed by atoms with Gasteiger partial charge in [0.2, 0.25) is 0 Å². The van der Waals surface area contributed by atoms with Crippen molar-refractivity contribution in [3.05, 3.63) is 95.1 Å². The zero-order chi connectivity index (χ0) is 20.9. The maximum absolute atomic E-state index is 5.76. The summed E-state index contributed by atoms with van der Waals surface area (Å²) in [7, 11) is 0. The van der Waals surface area contributed by atoms with Crippen LogP contribution in [-0.4, -0.2) is 21.5 Å². The number of nitrogens with one attached hydrogen (secondary N) is 2. The van der Waals surface area contributed by atoms with Gasteiger partial charge in [0.15, 0.2) is 5.11 Å². The van der Waals surface area contributed by atoms with Crippen LogP contribution >= 0.6 is 12.2 Å². The average molecular weight is 418 g/mol. The SMILES string of the molecule is Cc1ccc2[nH]c(C)c(CCN(Cc3ccco3)C(=S)NCc3ccccc3)c2c1. The molecule has 2 heterocycles. The Morgan fingerprint density at radius 3 is 2.67 bits per heavy atom. The molecule has 154 valence electrons. The van der Waals surface area contributed by atoms with E-state index in [0.717, 1.165) is 23.8 Å². The Labute approximate surface area is 182 Å². The average Bonchev–Trinajstić information content (AvgIpc) is 3.37. The molecule has 0 fully saturated rings. The first-order valence-corrected chi connectivity index (χ1v) is 10.7. The van der Waals surface area contributed by atoms with Gasteiger partial charge in [-0.1, -0.05) is 42.0 Å². The Morgan fingerprint density at radius 2 is 1.90 bits per heavy atom. The highest BCUT2D eigenvalue weighted by atomic mass is 32.1. The van der Waals surface area contributed by atoms with E-state index in [2.05, 4.69) is 59.4 Å². The topological polar surface area (TPSA) is 44.2 Å². The normalized spacial score (nSPS) is 11.0. The maximum Gasteiger partial charge on any atom is 0.169 e. The van der Waals surface area contributed by atoms with E-state index < -0.39 is 0 Å². The molecule has 30 heavy (non-hydrogen) atoms. The minimum absolute atomic E-state index is 0.647. The van der Waals surface area contributed by atoms with Crippen LogP contribution in [-0.2, 0) is 19.5 Å². The summed E-state index contributed by atoms with van der Waals surface area (Å²) >= 11 is 5.76. The lowest BCUT2D eigenvalue weighted by Gasteiger charge is -2.25. The molecular weight excluding hydrogens is 390 g/mol. The van der Waals surface area contributed by atoms with Crippen molar-refractivity contribution in [3.63, 3.8) is 0 Å². The van der Waals surface area contributed by atoms with Crippen molar-refractivity contribution in [1.82, 2.24) is 15.2 Å².